The first kappa shape index (κ1) is 9.71. The molecule has 0 amide bonds. The van der Waals surface area contributed by atoms with Crippen LogP contribution in [0.5, 0.6) is 6.08 Å². The van der Waals surface area contributed by atoms with Gasteiger partial charge in [0, 0.05) is 5.56 Å². The van der Waals surface area contributed by atoms with Crippen LogP contribution in [0.3, 0.4) is 0 Å². The molecule has 0 aliphatic heterocycles. The number of benzene rings is 1. The number of fused-ring (bicyclic) bond motifs is 1. The molecule has 0 bridgehead atoms. The first-order valence-electron chi connectivity index (χ1n) is 4.75. The van der Waals surface area contributed by atoms with Gasteiger partial charge in [0.15, 0.2) is 11.4 Å². The number of hydrogen-bond donors (Lipinski definition) is 0. The number of aromatic nitrogens is 1. The monoisotopic (exact) mass is 205 g/mol. The number of nitrogens with zero attached hydrogens (tertiary/aromatic N) is 1. The maximum Gasteiger partial charge on any atom is 0.394 e. The van der Waals surface area contributed by atoms with Crippen LogP contribution in [0.15, 0.2) is 22.6 Å². The van der Waals surface area contributed by atoms with E-state index >= 15 is 0 Å². The van der Waals surface area contributed by atoms with Crippen molar-refractivity contribution in [1.29, 1.82) is 0 Å². The van der Waals surface area contributed by atoms with Gasteiger partial charge >= 0.3 is 6.08 Å². The molecule has 78 valence electrons. The first-order chi connectivity index (χ1) is 7.22. The Hall–Kier alpha value is -1.84. The lowest BCUT2D eigenvalue weighted by Gasteiger charge is -1.93. The summed E-state index contributed by atoms with van der Waals surface area (Å²) < 4.78 is 10.5. The number of oxazole rings is 1. The van der Waals surface area contributed by atoms with Crippen molar-refractivity contribution in [2.45, 2.75) is 13.8 Å². The van der Waals surface area contributed by atoms with E-state index < -0.39 is 0 Å². The second-order valence-electron chi connectivity index (χ2n) is 3.12. The summed E-state index contributed by atoms with van der Waals surface area (Å²) in [5.41, 5.74) is 1.70. The van der Waals surface area contributed by atoms with Crippen LogP contribution < -0.4 is 4.74 Å². The Morgan fingerprint density at radius 2 is 2.33 bits per heavy atom. The predicted molar refractivity (Wildman–Crippen MR) is 55.2 cm³/mol. The van der Waals surface area contributed by atoms with E-state index in [1.54, 1.807) is 18.2 Å². The molecule has 0 aliphatic rings. The van der Waals surface area contributed by atoms with Crippen molar-refractivity contribution in [3.05, 3.63) is 23.8 Å². The summed E-state index contributed by atoms with van der Waals surface area (Å²) in [4.78, 5) is 15.4. The highest BCUT2D eigenvalue weighted by Gasteiger charge is 2.12. The van der Waals surface area contributed by atoms with Crippen LogP contribution in [0.4, 0.5) is 0 Å². The summed E-state index contributed by atoms with van der Waals surface area (Å²) in [6.45, 7) is 3.84. The second kappa shape index (κ2) is 3.73. The Morgan fingerprint density at radius 3 is 3.00 bits per heavy atom. The zero-order chi connectivity index (χ0) is 10.8. The van der Waals surface area contributed by atoms with Gasteiger partial charge in [-0.25, -0.2) is 0 Å². The van der Waals surface area contributed by atoms with E-state index in [1.807, 2.05) is 6.92 Å². The molecule has 0 radical (unpaired) electrons. The fourth-order valence-corrected chi connectivity index (χ4v) is 1.40. The topological polar surface area (TPSA) is 52.3 Å². The number of carbonyl (C=O) groups is 1. The number of carbonyl (C=O) groups excluding carboxylic acids is 1. The number of Topliss-reactive ketones (excluding diaryl/α,β-unsaturated/α-hetero) is 1. The normalized spacial score (nSPS) is 10.5. The Labute approximate surface area is 86.9 Å². The van der Waals surface area contributed by atoms with Gasteiger partial charge in [0.05, 0.1) is 6.61 Å². The van der Waals surface area contributed by atoms with Gasteiger partial charge in [-0.15, -0.1) is 0 Å². The van der Waals surface area contributed by atoms with E-state index in [9.17, 15) is 4.79 Å². The highest BCUT2D eigenvalue weighted by Crippen LogP contribution is 2.23. The molecular formula is C11H11NO3. The van der Waals surface area contributed by atoms with E-state index in [0.717, 1.165) is 0 Å². The second-order valence-corrected chi connectivity index (χ2v) is 3.12. The first-order valence-corrected chi connectivity index (χ1v) is 4.75. The van der Waals surface area contributed by atoms with Crippen molar-refractivity contribution in [2.75, 3.05) is 6.61 Å². The Balaban J connectivity index is 2.59. The van der Waals surface area contributed by atoms with Gasteiger partial charge in [-0.05, 0) is 26.0 Å². The SMILES string of the molecule is CCOc1nc2c(C(C)=O)cccc2o1. The van der Waals surface area contributed by atoms with Crippen LogP contribution in [-0.2, 0) is 0 Å². The number of rotatable bonds is 3. The van der Waals surface area contributed by atoms with Gasteiger partial charge in [-0.2, -0.15) is 4.98 Å². The lowest BCUT2D eigenvalue weighted by atomic mass is 10.1. The molecule has 0 saturated carbocycles. The van der Waals surface area contributed by atoms with Crippen molar-refractivity contribution in [2.24, 2.45) is 0 Å². The molecule has 0 N–H and O–H groups in total. The van der Waals surface area contributed by atoms with Crippen LogP contribution >= 0.6 is 0 Å². The van der Waals surface area contributed by atoms with Gasteiger partial charge in [0.1, 0.15) is 5.52 Å². The molecule has 0 fully saturated rings. The van der Waals surface area contributed by atoms with Gasteiger partial charge < -0.3 is 9.15 Å². The Kier molecular flexibility index (Phi) is 2.41. The molecule has 0 unspecified atom stereocenters. The van der Waals surface area contributed by atoms with Crippen LogP contribution in [0, 0.1) is 0 Å². The minimum atomic E-state index is -0.0306. The molecule has 4 nitrogen and oxygen atoms in total. The summed E-state index contributed by atoms with van der Waals surface area (Å²) in [6, 6.07) is 5.25. The minimum absolute atomic E-state index is 0.0306. The fraction of sp³-hybridized carbons (Fsp3) is 0.273. The average molecular weight is 205 g/mol. The molecule has 0 saturated heterocycles. The van der Waals surface area contributed by atoms with Crippen molar-refractivity contribution in [3.63, 3.8) is 0 Å². The quantitative estimate of drug-likeness (QED) is 0.722. The van der Waals surface area contributed by atoms with E-state index in [-0.39, 0.29) is 11.9 Å². The van der Waals surface area contributed by atoms with Crippen LogP contribution in [-0.4, -0.2) is 17.4 Å². The van der Waals surface area contributed by atoms with Crippen molar-refractivity contribution >= 4 is 16.9 Å². The van der Waals surface area contributed by atoms with E-state index in [1.165, 1.54) is 6.92 Å². The average Bonchev–Trinajstić information content (AvgIpc) is 2.59. The largest absolute Gasteiger partial charge is 0.450 e. The lowest BCUT2D eigenvalue weighted by molar-refractivity contribution is 0.101. The van der Waals surface area contributed by atoms with Gasteiger partial charge in [-0.3, -0.25) is 4.79 Å². The molecule has 4 heteroatoms. The molecule has 0 spiro atoms. The van der Waals surface area contributed by atoms with Gasteiger partial charge in [0.25, 0.3) is 0 Å². The summed E-state index contributed by atoms with van der Waals surface area (Å²) in [7, 11) is 0. The number of ether oxygens (including phenoxy) is 1. The third-order valence-electron chi connectivity index (χ3n) is 2.05. The number of hydrogen-bond acceptors (Lipinski definition) is 4. The zero-order valence-electron chi connectivity index (χ0n) is 8.61. The molecular weight excluding hydrogens is 194 g/mol. The Bertz CT molecular complexity index is 502. The summed E-state index contributed by atoms with van der Waals surface area (Å²) >= 11 is 0. The van der Waals surface area contributed by atoms with Crippen LogP contribution in [0.1, 0.15) is 24.2 Å². The van der Waals surface area contributed by atoms with Crippen LogP contribution in [0.25, 0.3) is 11.1 Å². The standard InChI is InChI=1S/C11H11NO3/c1-3-14-11-12-10-8(7(2)13)5-4-6-9(10)15-11/h4-6H,3H2,1-2H3. The maximum absolute atomic E-state index is 11.3. The number of para-hydroxylation sites is 1. The third-order valence-corrected chi connectivity index (χ3v) is 2.05. The van der Waals surface area contributed by atoms with E-state index in [2.05, 4.69) is 4.98 Å². The third kappa shape index (κ3) is 1.70. The molecule has 1 heterocycles. The van der Waals surface area contributed by atoms with Gasteiger partial charge in [-0.1, -0.05) is 6.07 Å². The van der Waals surface area contributed by atoms with Gasteiger partial charge in [0.2, 0.25) is 0 Å². The molecule has 2 aromatic rings. The van der Waals surface area contributed by atoms with E-state index in [4.69, 9.17) is 9.15 Å². The molecule has 1 aromatic heterocycles. The highest BCUT2D eigenvalue weighted by molar-refractivity contribution is 6.04. The van der Waals surface area contributed by atoms with Crippen molar-refractivity contribution in [1.82, 2.24) is 4.98 Å². The lowest BCUT2D eigenvalue weighted by Crippen LogP contribution is -1.93. The van der Waals surface area contributed by atoms with Crippen LogP contribution in [0.2, 0.25) is 0 Å². The molecule has 0 atom stereocenters. The minimum Gasteiger partial charge on any atom is -0.450 e. The molecule has 1 aromatic carbocycles. The Morgan fingerprint density at radius 1 is 1.53 bits per heavy atom. The van der Waals surface area contributed by atoms with Crippen molar-refractivity contribution in [3.8, 4) is 6.08 Å². The molecule has 15 heavy (non-hydrogen) atoms. The summed E-state index contributed by atoms with van der Waals surface area (Å²) in [5.74, 6) is -0.0306. The van der Waals surface area contributed by atoms with E-state index in [0.29, 0.717) is 23.3 Å². The fourth-order valence-electron chi connectivity index (χ4n) is 1.40. The predicted octanol–water partition coefficient (Wildman–Crippen LogP) is 2.43. The van der Waals surface area contributed by atoms with Crippen molar-refractivity contribution < 1.29 is 13.9 Å². The number of ketones is 1. The zero-order valence-corrected chi connectivity index (χ0v) is 8.61. The maximum atomic E-state index is 11.3. The highest BCUT2D eigenvalue weighted by atomic mass is 16.6. The smallest absolute Gasteiger partial charge is 0.394 e. The summed E-state index contributed by atoms with van der Waals surface area (Å²) in [5, 5.41) is 0. The molecule has 2 rings (SSSR count). The summed E-state index contributed by atoms with van der Waals surface area (Å²) in [6.07, 6.45) is 0.209. The molecule has 0 aliphatic carbocycles.